The third-order valence-corrected chi connectivity index (χ3v) is 5.99. The first-order valence-corrected chi connectivity index (χ1v) is 10.9. The van der Waals surface area contributed by atoms with Gasteiger partial charge in [0.05, 0.1) is 7.11 Å². The third-order valence-electron chi connectivity index (χ3n) is 5.99. The Labute approximate surface area is 192 Å². The molecule has 1 amide bonds. The molecule has 0 atom stereocenters. The Balaban J connectivity index is 1.82. The zero-order chi connectivity index (χ0) is 23.7. The van der Waals surface area contributed by atoms with Crippen molar-refractivity contribution in [2.45, 2.75) is 26.8 Å². The lowest BCUT2D eigenvalue weighted by atomic mass is 9.96. The molecule has 1 aromatic heterocycles. The van der Waals surface area contributed by atoms with Gasteiger partial charge in [-0.05, 0) is 62.3 Å². The Kier molecular flexibility index (Phi) is 6.29. The number of benzene rings is 2. The molecule has 0 fully saturated rings. The van der Waals surface area contributed by atoms with Crippen LogP contribution in [0.5, 0.6) is 5.75 Å². The van der Waals surface area contributed by atoms with E-state index in [4.69, 9.17) is 10.5 Å². The fourth-order valence-corrected chi connectivity index (χ4v) is 4.19. The van der Waals surface area contributed by atoms with E-state index in [1.54, 1.807) is 19.2 Å². The van der Waals surface area contributed by atoms with Gasteiger partial charge in [0.15, 0.2) is 5.82 Å². The zero-order valence-corrected chi connectivity index (χ0v) is 19.3. The molecule has 4 rings (SSSR count). The number of nitrogens with zero attached hydrogens (tertiary/aromatic N) is 3. The summed E-state index contributed by atoms with van der Waals surface area (Å²) in [6.07, 6.45) is 0.711. The number of hydrogen-bond acceptors (Lipinski definition) is 6. The highest BCUT2D eigenvalue weighted by atomic mass is 19.1. The van der Waals surface area contributed by atoms with Crippen LogP contribution in [0.25, 0.3) is 22.5 Å². The normalized spacial score (nSPS) is 13.1. The number of rotatable bonds is 6. The number of aryl methyl sites for hydroxylation is 1. The van der Waals surface area contributed by atoms with Gasteiger partial charge in [-0.3, -0.25) is 4.79 Å². The Hall–Kier alpha value is -3.52. The van der Waals surface area contributed by atoms with Crippen LogP contribution in [0.4, 0.5) is 10.2 Å². The number of amides is 1. The van der Waals surface area contributed by atoms with E-state index in [0.717, 1.165) is 29.0 Å². The van der Waals surface area contributed by atoms with E-state index in [-0.39, 0.29) is 17.4 Å². The largest absolute Gasteiger partial charge is 0.496 e. The summed E-state index contributed by atoms with van der Waals surface area (Å²) >= 11 is 0. The summed E-state index contributed by atoms with van der Waals surface area (Å²) in [4.78, 5) is 22.8. The van der Waals surface area contributed by atoms with Crippen LogP contribution in [-0.2, 0) is 13.0 Å². The maximum atomic E-state index is 15.0. The van der Waals surface area contributed by atoms with Crippen molar-refractivity contribution < 1.29 is 13.9 Å². The number of halogens is 1. The quantitative estimate of drug-likeness (QED) is 0.598. The number of hydrogen-bond donors (Lipinski definition) is 2. The van der Waals surface area contributed by atoms with E-state index < -0.39 is 5.95 Å². The van der Waals surface area contributed by atoms with Crippen molar-refractivity contribution >= 4 is 11.7 Å². The number of ether oxygens (including phenoxy) is 1. The van der Waals surface area contributed by atoms with Gasteiger partial charge in [-0.25, -0.2) is 4.98 Å². The van der Waals surface area contributed by atoms with Crippen molar-refractivity contribution in [1.29, 1.82) is 0 Å². The second-order valence-corrected chi connectivity index (χ2v) is 8.29. The van der Waals surface area contributed by atoms with Crippen molar-refractivity contribution in [3.63, 3.8) is 0 Å². The van der Waals surface area contributed by atoms with E-state index in [0.29, 0.717) is 41.9 Å². The van der Waals surface area contributed by atoms with Crippen molar-refractivity contribution in [3.05, 3.63) is 58.5 Å². The van der Waals surface area contributed by atoms with Gasteiger partial charge in [0, 0.05) is 35.3 Å². The van der Waals surface area contributed by atoms with Gasteiger partial charge in [-0.1, -0.05) is 13.0 Å². The summed E-state index contributed by atoms with van der Waals surface area (Å²) in [6, 6.07) is 9.14. The van der Waals surface area contributed by atoms with Crippen molar-refractivity contribution in [2.24, 2.45) is 0 Å². The fraction of sp³-hybridized carbons (Fsp3) is 0.320. The zero-order valence-electron chi connectivity index (χ0n) is 19.3. The first kappa shape index (κ1) is 22.7. The van der Waals surface area contributed by atoms with E-state index >= 15 is 0 Å². The Bertz CT molecular complexity index is 1230. The second kappa shape index (κ2) is 9.15. The minimum Gasteiger partial charge on any atom is -0.496 e. The number of nitrogens with one attached hydrogen (secondary N) is 1. The molecule has 172 valence electrons. The summed E-state index contributed by atoms with van der Waals surface area (Å²) in [5.74, 6) is -0.0448. The fourth-order valence-electron chi connectivity index (χ4n) is 4.19. The average Bonchev–Trinajstić information content (AvgIpc) is 2.79. The van der Waals surface area contributed by atoms with Crippen LogP contribution in [0.15, 0.2) is 30.3 Å². The molecule has 2 heterocycles. The van der Waals surface area contributed by atoms with Crippen LogP contribution in [0.1, 0.15) is 34.0 Å². The number of fused-ring (bicyclic) bond motifs is 1. The molecule has 0 spiro atoms. The van der Waals surface area contributed by atoms with Gasteiger partial charge < -0.3 is 20.7 Å². The highest BCUT2D eigenvalue weighted by Gasteiger charge is 2.21. The number of anilines is 1. The van der Waals surface area contributed by atoms with Gasteiger partial charge in [-0.15, -0.1) is 0 Å². The minimum atomic E-state index is -0.729. The smallest absolute Gasteiger partial charge is 0.251 e. The average molecular weight is 450 g/mol. The summed E-state index contributed by atoms with van der Waals surface area (Å²) in [5, 5.41) is 2.83. The lowest BCUT2D eigenvalue weighted by Crippen LogP contribution is -2.31. The third kappa shape index (κ3) is 4.39. The predicted molar refractivity (Wildman–Crippen MR) is 127 cm³/mol. The predicted octanol–water partition coefficient (Wildman–Crippen LogP) is 3.59. The van der Waals surface area contributed by atoms with Crippen molar-refractivity contribution in [3.8, 4) is 28.3 Å². The van der Waals surface area contributed by atoms with Crippen LogP contribution in [0.2, 0.25) is 0 Å². The number of nitrogen functional groups attached to an aromatic ring is 1. The summed E-state index contributed by atoms with van der Waals surface area (Å²) in [5.41, 5.74) is 11.3. The number of methoxy groups -OCH3 is 1. The summed E-state index contributed by atoms with van der Waals surface area (Å²) in [6.45, 7) is 6.09. The molecule has 33 heavy (non-hydrogen) atoms. The molecule has 1 aliphatic heterocycles. The molecule has 0 unspecified atom stereocenters. The molecule has 8 heteroatoms. The molecular weight excluding hydrogens is 421 g/mol. The number of aromatic nitrogens is 2. The van der Waals surface area contributed by atoms with Gasteiger partial charge in [0.2, 0.25) is 5.95 Å². The Morgan fingerprint density at radius 1 is 1.18 bits per heavy atom. The van der Waals surface area contributed by atoms with Gasteiger partial charge >= 0.3 is 0 Å². The molecule has 3 aromatic rings. The SMILES string of the molecule is CCN(C)Cc1cc(-c2nc(-c3ccc4c(c3)CCNC4=O)c(N)nc2F)cc(C)c1OC. The lowest BCUT2D eigenvalue weighted by Gasteiger charge is -2.19. The van der Waals surface area contributed by atoms with E-state index in [1.807, 2.05) is 32.2 Å². The van der Waals surface area contributed by atoms with E-state index in [9.17, 15) is 9.18 Å². The highest BCUT2D eigenvalue weighted by Crippen LogP contribution is 2.34. The molecule has 0 saturated carbocycles. The number of carbonyl (C=O) groups is 1. The van der Waals surface area contributed by atoms with E-state index in [2.05, 4.69) is 27.1 Å². The van der Waals surface area contributed by atoms with Crippen LogP contribution >= 0.6 is 0 Å². The van der Waals surface area contributed by atoms with Crippen molar-refractivity contribution in [1.82, 2.24) is 20.2 Å². The molecule has 3 N–H and O–H groups in total. The van der Waals surface area contributed by atoms with E-state index in [1.165, 1.54) is 0 Å². The Morgan fingerprint density at radius 3 is 2.70 bits per heavy atom. The molecule has 1 aliphatic rings. The minimum absolute atomic E-state index is 0.00707. The number of nitrogens with two attached hydrogens (primary N) is 1. The first-order valence-electron chi connectivity index (χ1n) is 10.9. The van der Waals surface area contributed by atoms with Gasteiger partial charge in [0.25, 0.3) is 5.91 Å². The molecule has 7 nitrogen and oxygen atoms in total. The standard InChI is InChI=1S/C25H28FN5O2/c1-5-31(3)13-18-12-17(10-14(2)22(18)33-4)20-23(26)30-24(27)21(29-20)16-6-7-19-15(11-16)8-9-28-25(19)32/h6-7,10-12H,5,8-9,13H2,1-4H3,(H2,27,30)(H,28,32). The Morgan fingerprint density at radius 2 is 1.97 bits per heavy atom. The monoisotopic (exact) mass is 449 g/mol. The molecule has 0 radical (unpaired) electrons. The lowest BCUT2D eigenvalue weighted by molar-refractivity contribution is 0.0946. The molecule has 0 bridgehead atoms. The van der Waals surface area contributed by atoms with Crippen LogP contribution in [-0.4, -0.2) is 48.0 Å². The topological polar surface area (TPSA) is 93.4 Å². The number of carbonyl (C=O) groups excluding carboxylic acids is 1. The maximum absolute atomic E-state index is 15.0. The highest BCUT2D eigenvalue weighted by molar-refractivity contribution is 5.97. The maximum Gasteiger partial charge on any atom is 0.251 e. The molecule has 2 aromatic carbocycles. The van der Waals surface area contributed by atoms with Crippen LogP contribution in [0.3, 0.4) is 0 Å². The van der Waals surface area contributed by atoms with Gasteiger partial charge in [0.1, 0.15) is 17.1 Å². The molecule has 0 saturated heterocycles. The van der Waals surface area contributed by atoms with Crippen LogP contribution in [0, 0.1) is 12.9 Å². The summed E-state index contributed by atoms with van der Waals surface area (Å²) < 4.78 is 20.6. The molecule has 0 aliphatic carbocycles. The van der Waals surface area contributed by atoms with Crippen LogP contribution < -0.4 is 15.8 Å². The summed E-state index contributed by atoms with van der Waals surface area (Å²) in [7, 11) is 3.65. The second-order valence-electron chi connectivity index (χ2n) is 8.29. The van der Waals surface area contributed by atoms with Gasteiger partial charge in [-0.2, -0.15) is 9.37 Å². The van der Waals surface area contributed by atoms with Crippen molar-refractivity contribution in [2.75, 3.05) is 33.0 Å². The first-order chi connectivity index (χ1) is 15.8. The molecular formula is C25H28FN5O2.